The van der Waals surface area contributed by atoms with Crippen LogP contribution in [0.5, 0.6) is 0 Å². The number of aliphatic carboxylic acids is 1. The van der Waals surface area contributed by atoms with Gasteiger partial charge in [-0.05, 0) is 29.2 Å². The van der Waals surface area contributed by atoms with Crippen molar-refractivity contribution in [2.75, 3.05) is 11.4 Å². The predicted octanol–water partition coefficient (Wildman–Crippen LogP) is 3.20. The number of carbonyl (C=O) groups excluding carboxylic acids is 1. The monoisotopic (exact) mass is 309 g/mol. The van der Waals surface area contributed by atoms with Crippen molar-refractivity contribution in [3.63, 3.8) is 0 Å². The number of hydrogen-bond donors (Lipinski definition) is 1. The summed E-state index contributed by atoms with van der Waals surface area (Å²) in [7, 11) is 0. The van der Waals surface area contributed by atoms with Crippen LogP contribution in [0.25, 0.3) is 0 Å². The molecule has 0 saturated carbocycles. The molecule has 0 aromatic heterocycles. The molecule has 4 heteroatoms. The van der Waals surface area contributed by atoms with E-state index < -0.39 is 5.97 Å². The highest BCUT2D eigenvalue weighted by molar-refractivity contribution is 5.93. The Bertz CT molecular complexity index is 740. The minimum Gasteiger partial charge on any atom is -0.481 e. The first-order valence-corrected chi connectivity index (χ1v) is 7.74. The zero-order valence-electron chi connectivity index (χ0n) is 13.0. The molecule has 0 unspecified atom stereocenters. The molecule has 0 spiro atoms. The Morgan fingerprint density at radius 1 is 1.13 bits per heavy atom. The van der Waals surface area contributed by atoms with E-state index in [-0.39, 0.29) is 18.2 Å². The van der Waals surface area contributed by atoms with E-state index in [0.717, 1.165) is 28.8 Å². The second kappa shape index (κ2) is 6.24. The highest BCUT2D eigenvalue weighted by Gasteiger charge is 2.24. The first-order valence-electron chi connectivity index (χ1n) is 7.74. The Balaban J connectivity index is 1.98. The van der Waals surface area contributed by atoms with Crippen molar-refractivity contribution in [1.29, 1.82) is 0 Å². The van der Waals surface area contributed by atoms with Gasteiger partial charge in [-0.15, -0.1) is 0 Å². The quantitative estimate of drug-likeness (QED) is 0.943. The number of nitrogens with zero attached hydrogens (tertiary/aromatic N) is 1. The van der Waals surface area contributed by atoms with Crippen molar-refractivity contribution in [3.8, 4) is 0 Å². The van der Waals surface area contributed by atoms with Gasteiger partial charge in [-0.2, -0.15) is 0 Å². The standard InChI is InChI=1S/C19H19NO3/c1-13(21)20-10-9-16-11-15(7-8-18(16)20)17(12-19(22)23)14-5-3-2-4-6-14/h2-8,11,17H,9-10,12H2,1H3,(H,22,23)/t17-/m0/s1. The van der Waals surface area contributed by atoms with E-state index in [1.807, 2.05) is 42.5 Å². The number of hydrogen-bond acceptors (Lipinski definition) is 2. The minimum atomic E-state index is -0.815. The molecular formula is C19H19NO3. The van der Waals surface area contributed by atoms with Crippen molar-refractivity contribution in [3.05, 3.63) is 65.2 Å². The number of carbonyl (C=O) groups is 2. The average Bonchev–Trinajstić information content (AvgIpc) is 2.96. The van der Waals surface area contributed by atoms with Crippen molar-refractivity contribution in [2.45, 2.75) is 25.7 Å². The highest BCUT2D eigenvalue weighted by atomic mass is 16.4. The third-order valence-electron chi connectivity index (χ3n) is 4.36. The summed E-state index contributed by atoms with van der Waals surface area (Å²) in [6, 6.07) is 15.6. The number of fused-ring (bicyclic) bond motifs is 1. The Hall–Kier alpha value is -2.62. The molecule has 2 aromatic carbocycles. The molecule has 1 heterocycles. The first kappa shape index (κ1) is 15.3. The molecule has 0 fully saturated rings. The van der Waals surface area contributed by atoms with E-state index in [2.05, 4.69) is 6.07 Å². The Labute approximate surface area is 135 Å². The number of benzene rings is 2. The maximum absolute atomic E-state index is 11.6. The fourth-order valence-electron chi connectivity index (χ4n) is 3.25. The van der Waals surface area contributed by atoms with Crippen molar-refractivity contribution in [2.24, 2.45) is 0 Å². The Kier molecular flexibility index (Phi) is 4.15. The fourth-order valence-corrected chi connectivity index (χ4v) is 3.25. The number of carboxylic acids is 1. The van der Waals surface area contributed by atoms with E-state index >= 15 is 0 Å². The molecule has 1 amide bonds. The number of anilines is 1. The molecule has 0 bridgehead atoms. The molecule has 1 aliphatic rings. The van der Waals surface area contributed by atoms with Gasteiger partial charge < -0.3 is 10.0 Å². The molecule has 2 aromatic rings. The molecule has 23 heavy (non-hydrogen) atoms. The summed E-state index contributed by atoms with van der Waals surface area (Å²) >= 11 is 0. The molecule has 4 nitrogen and oxygen atoms in total. The minimum absolute atomic E-state index is 0.0432. The number of carboxylic acid groups (broad SMARTS) is 1. The van der Waals surface area contributed by atoms with Gasteiger partial charge >= 0.3 is 5.97 Å². The third kappa shape index (κ3) is 3.11. The lowest BCUT2D eigenvalue weighted by atomic mass is 9.87. The molecule has 0 radical (unpaired) electrons. The maximum atomic E-state index is 11.6. The molecule has 1 aliphatic heterocycles. The lowest BCUT2D eigenvalue weighted by Gasteiger charge is -2.19. The van der Waals surface area contributed by atoms with Gasteiger partial charge in [-0.3, -0.25) is 9.59 Å². The molecule has 3 rings (SSSR count). The average molecular weight is 309 g/mol. The van der Waals surface area contributed by atoms with Gasteiger partial charge in [0.1, 0.15) is 0 Å². The van der Waals surface area contributed by atoms with E-state index in [9.17, 15) is 14.7 Å². The summed E-state index contributed by atoms with van der Waals surface area (Å²) in [5.41, 5.74) is 4.05. The lowest BCUT2D eigenvalue weighted by Crippen LogP contribution is -2.25. The van der Waals surface area contributed by atoms with Crippen molar-refractivity contribution >= 4 is 17.6 Å². The van der Waals surface area contributed by atoms with E-state index in [1.54, 1.807) is 11.8 Å². The van der Waals surface area contributed by atoms with Crippen LogP contribution in [-0.2, 0) is 16.0 Å². The zero-order chi connectivity index (χ0) is 16.4. The maximum Gasteiger partial charge on any atom is 0.304 e. The van der Waals surface area contributed by atoms with Crippen LogP contribution in [0.3, 0.4) is 0 Å². The van der Waals surface area contributed by atoms with E-state index in [4.69, 9.17) is 0 Å². The van der Waals surface area contributed by atoms with Crippen molar-refractivity contribution in [1.82, 2.24) is 0 Å². The lowest BCUT2D eigenvalue weighted by molar-refractivity contribution is -0.137. The summed E-state index contributed by atoms with van der Waals surface area (Å²) in [4.78, 5) is 24.7. The second-order valence-corrected chi connectivity index (χ2v) is 5.87. The van der Waals surface area contributed by atoms with Crippen LogP contribution in [-0.4, -0.2) is 23.5 Å². The summed E-state index contributed by atoms with van der Waals surface area (Å²) in [6.07, 6.45) is 0.872. The van der Waals surface area contributed by atoms with Crippen LogP contribution in [0.1, 0.15) is 36.0 Å². The second-order valence-electron chi connectivity index (χ2n) is 5.87. The molecule has 0 aliphatic carbocycles. The topological polar surface area (TPSA) is 57.6 Å². The smallest absolute Gasteiger partial charge is 0.304 e. The van der Waals surface area contributed by atoms with Crippen LogP contribution in [0, 0.1) is 0 Å². The molecular weight excluding hydrogens is 290 g/mol. The Morgan fingerprint density at radius 3 is 2.52 bits per heavy atom. The van der Waals surface area contributed by atoms with Gasteiger partial charge in [0, 0.05) is 25.1 Å². The van der Waals surface area contributed by atoms with Crippen LogP contribution in [0.4, 0.5) is 5.69 Å². The van der Waals surface area contributed by atoms with Crippen LogP contribution < -0.4 is 4.90 Å². The van der Waals surface area contributed by atoms with Gasteiger partial charge in [0.05, 0.1) is 6.42 Å². The van der Waals surface area contributed by atoms with Crippen LogP contribution in [0.15, 0.2) is 48.5 Å². The van der Waals surface area contributed by atoms with Crippen LogP contribution in [0.2, 0.25) is 0 Å². The van der Waals surface area contributed by atoms with E-state index in [0.29, 0.717) is 6.54 Å². The Morgan fingerprint density at radius 2 is 1.87 bits per heavy atom. The summed E-state index contributed by atoms with van der Waals surface area (Å²) in [6.45, 7) is 2.27. The van der Waals surface area contributed by atoms with Crippen molar-refractivity contribution < 1.29 is 14.7 Å². The molecule has 118 valence electrons. The largest absolute Gasteiger partial charge is 0.481 e. The van der Waals surface area contributed by atoms with Gasteiger partial charge in [0.2, 0.25) is 5.91 Å². The summed E-state index contributed by atoms with van der Waals surface area (Å²) < 4.78 is 0. The van der Waals surface area contributed by atoms with Crippen LogP contribution >= 0.6 is 0 Å². The SMILES string of the molecule is CC(=O)N1CCc2cc([C@@H](CC(=O)O)c3ccccc3)ccc21. The van der Waals surface area contributed by atoms with Gasteiger partial charge in [-0.1, -0.05) is 42.5 Å². The zero-order valence-corrected chi connectivity index (χ0v) is 13.0. The van der Waals surface area contributed by atoms with E-state index in [1.165, 1.54) is 0 Å². The molecule has 1 atom stereocenters. The number of rotatable bonds is 4. The van der Waals surface area contributed by atoms with Gasteiger partial charge in [0.25, 0.3) is 0 Å². The normalized spacial score (nSPS) is 14.4. The highest BCUT2D eigenvalue weighted by Crippen LogP contribution is 2.34. The number of amides is 1. The summed E-state index contributed by atoms with van der Waals surface area (Å²) in [5.74, 6) is -0.947. The fraction of sp³-hybridized carbons (Fsp3) is 0.263. The predicted molar refractivity (Wildman–Crippen MR) is 88.7 cm³/mol. The third-order valence-corrected chi connectivity index (χ3v) is 4.36. The summed E-state index contributed by atoms with van der Waals surface area (Å²) in [5, 5.41) is 9.26. The molecule has 0 saturated heterocycles. The van der Waals surface area contributed by atoms with Gasteiger partial charge in [0.15, 0.2) is 0 Å². The molecule has 1 N–H and O–H groups in total. The first-order chi connectivity index (χ1) is 11.1. The van der Waals surface area contributed by atoms with Gasteiger partial charge in [-0.25, -0.2) is 0 Å².